The number of imide groups is 1. The van der Waals surface area contributed by atoms with Crippen LogP contribution in [0.3, 0.4) is 0 Å². The van der Waals surface area contributed by atoms with Gasteiger partial charge in [0.05, 0.1) is 0 Å². The van der Waals surface area contributed by atoms with Crippen molar-refractivity contribution in [3.63, 3.8) is 0 Å². The van der Waals surface area contributed by atoms with Crippen molar-refractivity contribution in [1.29, 1.82) is 0 Å². The van der Waals surface area contributed by atoms with Crippen LogP contribution < -0.4 is 5.32 Å². The van der Waals surface area contributed by atoms with E-state index in [1.165, 1.54) is 95.8 Å². The molecule has 0 unspecified atom stereocenters. The number of aliphatic carboxylic acids is 1. The van der Waals surface area contributed by atoms with Crippen molar-refractivity contribution in [2.45, 2.75) is 238 Å². The fraction of sp³-hybridized carbons (Fsp3) is 0.809. The summed E-state index contributed by atoms with van der Waals surface area (Å²) in [5.41, 5.74) is 0. The number of carbonyl (C=O) groups excluding carboxylic acids is 4. The number of hydrogen-bond acceptors (Lipinski definition) is 5. The zero-order chi connectivity index (χ0) is 41.2. The topological polar surface area (TPSA) is 124 Å². The Bertz CT molecular complexity index is 1080. The number of hydrogen-bond donors (Lipinski definition) is 2. The highest BCUT2D eigenvalue weighted by Gasteiger charge is 2.37. The molecule has 0 aromatic rings. The largest absolute Gasteiger partial charge is 0.480 e. The van der Waals surface area contributed by atoms with Gasteiger partial charge in [-0.2, -0.15) is 0 Å². The lowest BCUT2D eigenvalue weighted by Gasteiger charge is -2.29. The van der Waals surface area contributed by atoms with Crippen LogP contribution in [0.15, 0.2) is 24.3 Å². The maximum atomic E-state index is 13.5. The van der Waals surface area contributed by atoms with Gasteiger partial charge in [0.25, 0.3) is 0 Å². The molecule has 0 radical (unpaired) electrons. The number of allylic oxidation sites excluding steroid dienone is 4. The maximum absolute atomic E-state index is 13.5. The van der Waals surface area contributed by atoms with Crippen LogP contribution in [-0.4, -0.2) is 69.2 Å². The highest BCUT2D eigenvalue weighted by atomic mass is 16.4. The standard InChI is InChI=1S/C47H83N3O6/c1-5-7-9-11-13-15-17-19-21-23-25-27-29-31-33-37-43(51)50(41(4)45(53)48-40(3)46(54)49-39-35-36-42(49)47(55)56)44(52)38-34-32-30-28-26-24-22-20-18-16-14-12-10-8-6-2/h19-22,40-42H,5-18,23-39H2,1-4H3,(H,48,53)(H,55,56)/t40-,41-,42-/m0/s1. The summed E-state index contributed by atoms with van der Waals surface area (Å²) in [4.78, 5) is 67.6. The first-order chi connectivity index (χ1) is 27.1. The van der Waals surface area contributed by atoms with Crippen LogP contribution in [0.5, 0.6) is 0 Å². The van der Waals surface area contributed by atoms with Gasteiger partial charge in [-0.05, 0) is 90.9 Å². The number of likely N-dealkylation sites (tertiary alicyclic amines) is 1. The van der Waals surface area contributed by atoms with Gasteiger partial charge in [-0.3, -0.25) is 24.1 Å². The van der Waals surface area contributed by atoms with E-state index in [1.54, 1.807) is 0 Å². The number of carboxylic acids is 1. The first-order valence-electron chi connectivity index (χ1n) is 23.1. The third-order valence-electron chi connectivity index (χ3n) is 11.2. The Kier molecular flexibility index (Phi) is 31.1. The Morgan fingerprint density at radius 2 is 0.982 bits per heavy atom. The number of unbranched alkanes of at least 4 members (excludes halogenated alkanes) is 22. The molecule has 1 aliphatic heterocycles. The molecule has 1 rings (SSSR count). The predicted octanol–water partition coefficient (Wildman–Crippen LogP) is 11.4. The van der Waals surface area contributed by atoms with Crippen molar-refractivity contribution in [2.75, 3.05) is 6.54 Å². The monoisotopic (exact) mass is 786 g/mol. The van der Waals surface area contributed by atoms with Crippen LogP contribution in [0.2, 0.25) is 0 Å². The Hall–Kier alpha value is -2.97. The van der Waals surface area contributed by atoms with Crippen LogP contribution >= 0.6 is 0 Å². The number of nitrogens with zero attached hydrogens (tertiary/aromatic N) is 2. The summed E-state index contributed by atoms with van der Waals surface area (Å²) >= 11 is 0. The number of carbonyl (C=O) groups is 5. The minimum absolute atomic E-state index is 0.191. The first kappa shape index (κ1) is 51.0. The van der Waals surface area contributed by atoms with E-state index >= 15 is 0 Å². The maximum Gasteiger partial charge on any atom is 0.326 e. The molecule has 9 heteroatoms. The van der Waals surface area contributed by atoms with Gasteiger partial charge in [0.2, 0.25) is 23.6 Å². The molecule has 1 heterocycles. The molecule has 0 aromatic carbocycles. The molecule has 0 aromatic heterocycles. The van der Waals surface area contributed by atoms with Crippen LogP contribution in [-0.2, 0) is 24.0 Å². The van der Waals surface area contributed by atoms with Crippen molar-refractivity contribution < 1.29 is 29.1 Å². The summed E-state index contributed by atoms with van der Waals surface area (Å²) in [5.74, 6) is -2.83. The van der Waals surface area contributed by atoms with Crippen LogP contribution in [0.1, 0.15) is 220 Å². The average molecular weight is 786 g/mol. The molecule has 9 nitrogen and oxygen atoms in total. The third kappa shape index (κ3) is 23.9. The van der Waals surface area contributed by atoms with Gasteiger partial charge in [-0.25, -0.2) is 4.79 Å². The lowest BCUT2D eigenvalue weighted by atomic mass is 10.1. The zero-order valence-electron chi connectivity index (χ0n) is 36.3. The van der Waals surface area contributed by atoms with E-state index in [-0.39, 0.29) is 24.7 Å². The third-order valence-corrected chi connectivity index (χ3v) is 11.2. The van der Waals surface area contributed by atoms with Crippen molar-refractivity contribution in [3.05, 3.63) is 24.3 Å². The van der Waals surface area contributed by atoms with Crippen LogP contribution in [0.4, 0.5) is 0 Å². The highest BCUT2D eigenvalue weighted by molar-refractivity contribution is 6.01. The Balaban J connectivity index is 2.55. The molecule has 0 bridgehead atoms. The fourth-order valence-corrected chi connectivity index (χ4v) is 7.55. The second-order valence-electron chi connectivity index (χ2n) is 16.3. The zero-order valence-corrected chi connectivity index (χ0v) is 36.3. The molecule has 0 spiro atoms. The Labute approximate surface area is 342 Å². The van der Waals surface area contributed by atoms with Gasteiger partial charge < -0.3 is 15.3 Å². The fourth-order valence-electron chi connectivity index (χ4n) is 7.55. The van der Waals surface area contributed by atoms with Gasteiger partial charge >= 0.3 is 5.97 Å². The lowest BCUT2D eigenvalue weighted by molar-refractivity contribution is -0.153. The second kappa shape index (κ2) is 34.1. The van der Waals surface area contributed by atoms with E-state index < -0.39 is 35.9 Å². The van der Waals surface area contributed by atoms with Gasteiger partial charge in [-0.1, -0.05) is 141 Å². The smallest absolute Gasteiger partial charge is 0.326 e. The minimum atomic E-state index is -1.08. The summed E-state index contributed by atoms with van der Waals surface area (Å²) in [7, 11) is 0. The predicted molar refractivity (Wildman–Crippen MR) is 230 cm³/mol. The average Bonchev–Trinajstić information content (AvgIpc) is 3.68. The molecule has 1 aliphatic rings. The summed E-state index contributed by atoms with van der Waals surface area (Å²) in [6.07, 6.45) is 40.4. The van der Waals surface area contributed by atoms with Crippen molar-refractivity contribution in [1.82, 2.24) is 15.1 Å². The molecule has 1 saturated heterocycles. The number of rotatable bonds is 35. The molecular weight excluding hydrogens is 703 g/mol. The molecule has 2 N–H and O–H groups in total. The lowest BCUT2D eigenvalue weighted by Crippen LogP contribution is -2.56. The van der Waals surface area contributed by atoms with Gasteiger partial charge in [-0.15, -0.1) is 0 Å². The summed E-state index contributed by atoms with van der Waals surface area (Å²) < 4.78 is 0. The van der Waals surface area contributed by atoms with E-state index in [4.69, 9.17) is 0 Å². The van der Waals surface area contributed by atoms with E-state index in [2.05, 4.69) is 43.5 Å². The molecular formula is C47H83N3O6. The number of amides is 4. The second-order valence-corrected chi connectivity index (χ2v) is 16.3. The number of nitrogens with one attached hydrogen (secondary N) is 1. The SMILES string of the molecule is CCCCCCCCC=CCCCCCCCC(=O)N(C(=O)CCCCCCCC=CCCCCCCCC)[C@@H](C)C(=O)N[C@@H](C)C(=O)N1CCC[C@H]1C(=O)O. The van der Waals surface area contributed by atoms with Crippen molar-refractivity contribution >= 4 is 29.6 Å². The van der Waals surface area contributed by atoms with Gasteiger partial charge in [0, 0.05) is 19.4 Å². The Morgan fingerprint density at radius 3 is 1.38 bits per heavy atom. The first-order valence-corrected chi connectivity index (χ1v) is 23.1. The minimum Gasteiger partial charge on any atom is -0.480 e. The molecule has 1 fully saturated rings. The highest BCUT2D eigenvalue weighted by Crippen LogP contribution is 2.20. The molecule has 56 heavy (non-hydrogen) atoms. The number of carboxylic acid groups (broad SMARTS) is 1. The molecule has 3 atom stereocenters. The molecule has 0 saturated carbocycles. The van der Waals surface area contributed by atoms with Crippen molar-refractivity contribution in [3.8, 4) is 0 Å². The molecule has 4 amide bonds. The normalized spacial score (nSPS) is 15.4. The Morgan fingerprint density at radius 1 is 0.607 bits per heavy atom. The van der Waals surface area contributed by atoms with E-state index in [1.807, 2.05) is 0 Å². The van der Waals surface area contributed by atoms with Gasteiger partial charge in [0.15, 0.2) is 0 Å². The molecule has 0 aliphatic carbocycles. The van der Waals surface area contributed by atoms with E-state index in [0.717, 1.165) is 81.9 Å². The van der Waals surface area contributed by atoms with Crippen LogP contribution in [0, 0.1) is 0 Å². The summed E-state index contributed by atoms with van der Waals surface area (Å²) in [6, 6.07) is -2.96. The summed E-state index contributed by atoms with van der Waals surface area (Å²) in [5, 5.41) is 12.2. The van der Waals surface area contributed by atoms with Crippen molar-refractivity contribution in [2.24, 2.45) is 0 Å². The van der Waals surface area contributed by atoms with E-state index in [9.17, 15) is 29.1 Å². The molecule has 322 valence electrons. The van der Waals surface area contributed by atoms with E-state index in [0.29, 0.717) is 32.2 Å². The van der Waals surface area contributed by atoms with Gasteiger partial charge in [0.1, 0.15) is 18.1 Å². The van der Waals surface area contributed by atoms with Crippen LogP contribution in [0.25, 0.3) is 0 Å². The summed E-state index contributed by atoms with van der Waals surface area (Å²) in [6.45, 7) is 7.87. The quantitative estimate of drug-likeness (QED) is 0.0487.